The van der Waals surface area contributed by atoms with Gasteiger partial charge >= 0.3 is 6.09 Å². The molecule has 0 bridgehead atoms. The third-order valence-electron chi connectivity index (χ3n) is 5.93. The van der Waals surface area contributed by atoms with Gasteiger partial charge in [-0.15, -0.1) is 0 Å². The zero-order chi connectivity index (χ0) is 22.0. The van der Waals surface area contributed by atoms with Crippen molar-refractivity contribution in [2.45, 2.75) is 44.7 Å². The normalized spacial score (nSPS) is 18.2. The zero-order valence-corrected chi connectivity index (χ0v) is 18.0. The maximum absolute atomic E-state index is 12.5. The molecule has 2 amide bonds. The number of nitrogens with one attached hydrogen (secondary N) is 1. The van der Waals surface area contributed by atoms with Crippen molar-refractivity contribution in [3.8, 4) is 17.1 Å². The van der Waals surface area contributed by atoms with Gasteiger partial charge in [-0.1, -0.05) is 13.0 Å². The molecule has 1 saturated carbocycles. The summed E-state index contributed by atoms with van der Waals surface area (Å²) in [6.45, 7) is 1.83. The summed E-state index contributed by atoms with van der Waals surface area (Å²) in [6, 6.07) is 8.30. The van der Waals surface area contributed by atoms with Gasteiger partial charge in [-0.05, 0) is 37.5 Å². The minimum atomic E-state index is -0.472. The van der Waals surface area contributed by atoms with Crippen LogP contribution in [0.3, 0.4) is 0 Å². The van der Waals surface area contributed by atoms with E-state index in [-0.39, 0.29) is 23.9 Å². The minimum absolute atomic E-state index is 0.0273. The number of hydrogen-bond donors (Lipinski definition) is 1. The van der Waals surface area contributed by atoms with Crippen LogP contribution in [0.4, 0.5) is 4.79 Å². The number of carbonyl (C=O) groups is 2. The van der Waals surface area contributed by atoms with Crippen LogP contribution in [-0.4, -0.2) is 50.6 Å². The number of ether oxygens (including phenoxy) is 1. The topological polar surface area (TPSA) is 89.4 Å². The van der Waals surface area contributed by atoms with E-state index in [4.69, 9.17) is 4.74 Å². The molecule has 1 aliphatic carbocycles. The Balaban J connectivity index is 1.37. The summed E-state index contributed by atoms with van der Waals surface area (Å²) < 4.78 is 7.48. The number of aryl methyl sites for hydroxylation is 1. The molecule has 1 fully saturated rings. The van der Waals surface area contributed by atoms with Crippen LogP contribution >= 0.6 is 0 Å². The minimum Gasteiger partial charge on any atom is -0.389 e. The van der Waals surface area contributed by atoms with Gasteiger partial charge < -0.3 is 19.5 Å². The second-order valence-electron chi connectivity index (χ2n) is 8.00. The molecular formula is C23H27N5O3. The maximum atomic E-state index is 12.5. The highest BCUT2D eigenvalue weighted by Gasteiger charge is 2.31. The summed E-state index contributed by atoms with van der Waals surface area (Å²) in [7, 11) is 3.73. The van der Waals surface area contributed by atoms with Crippen molar-refractivity contribution in [3.05, 3.63) is 42.9 Å². The molecule has 0 saturated heterocycles. The molecule has 0 radical (unpaired) electrons. The van der Waals surface area contributed by atoms with Gasteiger partial charge in [0.25, 0.3) is 0 Å². The molecule has 0 unspecified atom stereocenters. The van der Waals surface area contributed by atoms with Gasteiger partial charge in [0.15, 0.2) is 0 Å². The lowest BCUT2D eigenvalue weighted by molar-refractivity contribution is -0.121. The highest BCUT2D eigenvalue weighted by atomic mass is 16.6. The number of amides is 2. The molecular weight excluding hydrogens is 394 g/mol. The standard InChI is InChI=1S/C23H27N5O3/c1-4-21(29)26-17-6-7-18(12-17)28(3)23(30)31-22-14-24-19(13-25-22)15-5-8-20-16(11-15)9-10-27(20)2/h5,8-11,13-14,17-18H,4,6-7,12H2,1-3H3,(H,26,29)/t17-,18+/m0/s1. The van der Waals surface area contributed by atoms with E-state index in [1.54, 1.807) is 18.1 Å². The van der Waals surface area contributed by atoms with Gasteiger partial charge in [0, 0.05) is 55.3 Å². The van der Waals surface area contributed by atoms with E-state index >= 15 is 0 Å². The molecule has 1 aromatic carbocycles. The lowest BCUT2D eigenvalue weighted by Crippen LogP contribution is -2.39. The van der Waals surface area contributed by atoms with Gasteiger partial charge in [-0.2, -0.15) is 0 Å². The molecule has 3 aromatic rings. The number of aromatic nitrogens is 3. The molecule has 0 spiro atoms. The van der Waals surface area contributed by atoms with Gasteiger partial charge in [0.2, 0.25) is 11.8 Å². The molecule has 8 nitrogen and oxygen atoms in total. The van der Waals surface area contributed by atoms with Crippen molar-refractivity contribution in [2.75, 3.05) is 7.05 Å². The summed E-state index contributed by atoms with van der Waals surface area (Å²) in [5.74, 6) is 0.202. The predicted molar refractivity (Wildman–Crippen MR) is 118 cm³/mol. The monoisotopic (exact) mass is 421 g/mol. The number of fused-ring (bicyclic) bond motifs is 1. The second kappa shape index (κ2) is 8.75. The molecule has 0 aliphatic heterocycles. The Morgan fingerprint density at radius 1 is 1.23 bits per heavy atom. The van der Waals surface area contributed by atoms with Crippen molar-refractivity contribution >= 4 is 22.9 Å². The summed E-state index contributed by atoms with van der Waals surface area (Å²) in [5, 5.41) is 4.12. The smallest absolute Gasteiger partial charge is 0.389 e. The summed E-state index contributed by atoms with van der Waals surface area (Å²) >= 11 is 0. The fourth-order valence-electron chi connectivity index (χ4n) is 4.04. The van der Waals surface area contributed by atoms with Crippen LogP contribution in [0.5, 0.6) is 5.88 Å². The Hall–Kier alpha value is -3.42. The predicted octanol–water partition coefficient (Wildman–Crippen LogP) is 3.51. The molecule has 8 heteroatoms. The first-order chi connectivity index (χ1) is 14.9. The lowest BCUT2D eigenvalue weighted by atomic mass is 10.1. The Kier molecular flexibility index (Phi) is 5.88. The first kappa shape index (κ1) is 20.8. The van der Waals surface area contributed by atoms with Crippen LogP contribution < -0.4 is 10.1 Å². The largest absolute Gasteiger partial charge is 0.416 e. The SMILES string of the molecule is CCC(=O)N[C@H]1CC[C@@H](N(C)C(=O)Oc2cnc(-c3ccc4c(ccn4C)c3)cn2)C1. The highest BCUT2D eigenvalue weighted by Crippen LogP contribution is 2.25. The average Bonchev–Trinajstić information content (AvgIpc) is 3.40. The van der Waals surface area contributed by atoms with Crippen LogP contribution in [0.25, 0.3) is 22.2 Å². The van der Waals surface area contributed by atoms with Gasteiger partial charge in [0.1, 0.15) is 0 Å². The number of nitrogens with zero attached hydrogens (tertiary/aromatic N) is 4. The molecule has 2 heterocycles. The van der Waals surface area contributed by atoms with Crippen LogP contribution in [-0.2, 0) is 11.8 Å². The Morgan fingerprint density at radius 2 is 2.06 bits per heavy atom. The highest BCUT2D eigenvalue weighted by molar-refractivity contribution is 5.85. The second-order valence-corrected chi connectivity index (χ2v) is 8.00. The number of carbonyl (C=O) groups excluding carboxylic acids is 2. The molecule has 162 valence electrons. The summed E-state index contributed by atoms with van der Waals surface area (Å²) in [5.41, 5.74) is 2.81. The third-order valence-corrected chi connectivity index (χ3v) is 5.93. The number of hydrogen-bond acceptors (Lipinski definition) is 5. The summed E-state index contributed by atoms with van der Waals surface area (Å²) in [6.07, 6.45) is 7.50. The van der Waals surface area contributed by atoms with E-state index in [2.05, 4.69) is 32.0 Å². The Labute approximate surface area is 181 Å². The van der Waals surface area contributed by atoms with Crippen LogP contribution in [0.15, 0.2) is 42.9 Å². The first-order valence-corrected chi connectivity index (χ1v) is 10.6. The molecule has 1 N–H and O–H groups in total. The fraction of sp³-hybridized carbons (Fsp3) is 0.391. The van der Waals surface area contributed by atoms with E-state index < -0.39 is 6.09 Å². The summed E-state index contributed by atoms with van der Waals surface area (Å²) in [4.78, 5) is 34.4. The van der Waals surface area contributed by atoms with Crippen LogP contribution in [0.1, 0.15) is 32.6 Å². The quantitative estimate of drug-likeness (QED) is 0.681. The van der Waals surface area contributed by atoms with Crippen molar-refractivity contribution in [3.63, 3.8) is 0 Å². The van der Waals surface area contributed by atoms with Crippen LogP contribution in [0.2, 0.25) is 0 Å². The van der Waals surface area contributed by atoms with E-state index in [9.17, 15) is 9.59 Å². The van der Waals surface area contributed by atoms with Crippen molar-refractivity contribution in [2.24, 2.45) is 7.05 Å². The molecule has 4 rings (SSSR count). The third kappa shape index (κ3) is 4.52. The van der Waals surface area contributed by atoms with Gasteiger partial charge in [-0.25, -0.2) is 14.8 Å². The van der Waals surface area contributed by atoms with Gasteiger partial charge in [-0.3, -0.25) is 4.79 Å². The van der Waals surface area contributed by atoms with E-state index in [1.165, 1.54) is 6.20 Å². The van der Waals surface area contributed by atoms with Crippen molar-refractivity contribution in [1.29, 1.82) is 0 Å². The molecule has 2 aromatic heterocycles. The average molecular weight is 422 g/mol. The van der Waals surface area contributed by atoms with E-state index in [1.807, 2.05) is 32.3 Å². The zero-order valence-electron chi connectivity index (χ0n) is 18.0. The molecule has 1 aliphatic rings. The number of benzene rings is 1. The van der Waals surface area contributed by atoms with Gasteiger partial charge in [0.05, 0.1) is 18.1 Å². The lowest BCUT2D eigenvalue weighted by Gasteiger charge is -2.23. The van der Waals surface area contributed by atoms with E-state index in [0.717, 1.165) is 35.7 Å². The fourth-order valence-corrected chi connectivity index (χ4v) is 4.04. The van der Waals surface area contributed by atoms with Crippen molar-refractivity contribution < 1.29 is 14.3 Å². The number of rotatable bonds is 5. The molecule has 31 heavy (non-hydrogen) atoms. The van der Waals surface area contributed by atoms with Crippen LogP contribution in [0, 0.1) is 0 Å². The van der Waals surface area contributed by atoms with Crippen molar-refractivity contribution in [1.82, 2.24) is 24.8 Å². The first-order valence-electron chi connectivity index (χ1n) is 10.6. The Bertz CT molecular complexity index is 1090. The molecule has 2 atom stereocenters. The Morgan fingerprint density at radius 3 is 2.81 bits per heavy atom. The maximum Gasteiger partial charge on any atom is 0.416 e. The van der Waals surface area contributed by atoms with E-state index in [0.29, 0.717) is 12.1 Å².